The van der Waals surface area contributed by atoms with Gasteiger partial charge >= 0.3 is 0 Å². The first kappa shape index (κ1) is 18.4. The molecule has 1 aromatic rings. The Morgan fingerprint density at radius 1 is 1.08 bits per heavy atom. The molecule has 2 aliphatic heterocycles. The minimum absolute atomic E-state index is 0.329. The number of rotatable bonds is 5. The van der Waals surface area contributed by atoms with Gasteiger partial charge in [-0.3, -0.25) is 9.69 Å². The van der Waals surface area contributed by atoms with Gasteiger partial charge in [0.25, 0.3) is 0 Å². The fourth-order valence-corrected chi connectivity index (χ4v) is 4.20. The van der Waals surface area contributed by atoms with Crippen LogP contribution in [0.1, 0.15) is 31.7 Å². The van der Waals surface area contributed by atoms with Crippen LogP contribution in [0.4, 0.5) is 0 Å². The fourth-order valence-electron chi connectivity index (χ4n) is 4.20. The number of carbonyl (C=O) groups is 1. The van der Waals surface area contributed by atoms with Crippen LogP contribution in [0.2, 0.25) is 0 Å². The number of aryl methyl sites for hydroxylation is 1. The maximum Gasteiger partial charge on any atom is 0.222 e. The van der Waals surface area contributed by atoms with Crippen LogP contribution < -0.4 is 0 Å². The number of likely N-dealkylation sites (tertiary alicyclic amines) is 1. The van der Waals surface area contributed by atoms with Crippen molar-refractivity contribution in [2.24, 2.45) is 5.92 Å². The average molecular weight is 344 g/mol. The molecule has 2 aliphatic rings. The van der Waals surface area contributed by atoms with E-state index in [1.807, 2.05) is 18.2 Å². The van der Waals surface area contributed by atoms with E-state index in [9.17, 15) is 4.79 Å². The van der Waals surface area contributed by atoms with Crippen LogP contribution in [-0.2, 0) is 11.2 Å². The molecule has 2 heterocycles. The van der Waals surface area contributed by atoms with Gasteiger partial charge in [-0.05, 0) is 44.7 Å². The number of carbonyl (C=O) groups excluding carboxylic acids is 1. The summed E-state index contributed by atoms with van der Waals surface area (Å²) in [5, 5.41) is 0. The molecular weight excluding hydrogens is 310 g/mol. The number of hydrogen-bond acceptors (Lipinski definition) is 3. The highest BCUT2D eigenvalue weighted by Gasteiger charge is 2.27. The zero-order chi connectivity index (χ0) is 17.6. The topological polar surface area (TPSA) is 26.8 Å². The standard InChI is InChI=1S/C21H33N3O/c1-18-16-22(2)14-15-24(18)17-20-10-12-23(13-11-20)21(25)9-8-19-6-4-3-5-7-19/h3-7,18,20H,8-17H2,1-2H3. The Kier molecular flexibility index (Phi) is 6.49. The molecule has 1 amide bonds. The van der Waals surface area contributed by atoms with Gasteiger partial charge in [-0.2, -0.15) is 0 Å². The van der Waals surface area contributed by atoms with Crippen molar-refractivity contribution in [3.63, 3.8) is 0 Å². The molecule has 0 bridgehead atoms. The van der Waals surface area contributed by atoms with E-state index in [1.54, 1.807) is 0 Å². The number of piperidine rings is 1. The second-order valence-corrected chi connectivity index (χ2v) is 7.92. The van der Waals surface area contributed by atoms with E-state index in [2.05, 4.69) is 40.8 Å². The van der Waals surface area contributed by atoms with Gasteiger partial charge in [-0.15, -0.1) is 0 Å². The minimum atomic E-state index is 0.329. The lowest BCUT2D eigenvalue weighted by atomic mass is 9.94. The lowest BCUT2D eigenvalue weighted by molar-refractivity contribution is -0.132. The number of amides is 1. The van der Waals surface area contributed by atoms with Crippen LogP contribution in [0.25, 0.3) is 0 Å². The third-order valence-corrected chi connectivity index (χ3v) is 5.90. The second-order valence-electron chi connectivity index (χ2n) is 7.92. The molecule has 2 fully saturated rings. The molecule has 138 valence electrons. The van der Waals surface area contributed by atoms with Gasteiger partial charge in [0.1, 0.15) is 0 Å². The molecule has 0 spiro atoms. The SMILES string of the molecule is CC1CN(C)CCN1CC1CCN(C(=O)CCc2ccccc2)CC1. The lowest BCUT2D eigenvalue weighted by Crippen LogP contribution is -2.52. The van der Waals surface area contributed by atoms with Gasteiger partial charge in [0.05, 0.1) is 0 Å². The third-order valence-electron chi connectivity index (χ3n) is 5.90. The average Bonchev–Trinajstić information content (AvgIpc) is 2.63. The molecular formula is C21H33N3O. The highest BCUT2D eigenvalue weighted by molar-refractivity contribution is 5.76. The van der Waals surface area contributed by atoms with Gasteiger partial charge in [-0.25, -0.2) is 0 Å². The molecule has 0 radical (unpaired) electrons. The van der Waals surface area contributed by atoms with E-state index in [0.29, 0.717) is 18.4 Å². The number of piperazine rings is 1. The third kappa shape index (κ3) is 5.29. The van der Waals surface area contributed by atoms with Gasteiger partial charge < -0.3 is 9.80 Å². The summed E-state index contributed by atoms with van der Waals surface area (Å²) in [6.45, 7) is 8.99. The molecule has 25 heavy (non-hydrogen) atoms. The number of benzene rings is 1. The maximum absolute atomic E-state index is 12.5. The summed E-state index contributed by atoms with van der Waals surface area (Å²) in [4.78, 5) is 19.6. The number of likely N-dealkylation sites (N-methyl/N-ethyl adjacent to an activating group) is 1. The van der Waals surface area contributed by atoms with Crippen molar-refractivity contribution in [2.75, 3.05) is 46.3 Å². The van der Waals surface area contributed by atoms with Crippen LogP contribution in [0.15, 0.2) is 30.3 Å². The normalized spacial score (nSPS) is 23.8. The van der Waals surface area contributed by atoms with Crippen LogP contribution in [0.3, 0.4) is 0 Å². The van der Waals surface area contributed by atoms with Crippen molar-refractivity contribution in [2.45, 2.75) is 38.6 Å². The summed E-state index contributed by atoms with van der Waals surface area (Å²) in [5.74, 6) is 1.08. The molecule has 2 saturated heterocycles. The molecule has 1 aromatic carbocycles. The van der Waals surface area contributed by atoms with Crippen LogP contribution in [0.5, 0.6) is 0 Å². The predicted molar refractivity (Wildman–Crippen MR) is 103 cm³/mol. The summed E-state index contributed by atoms with van der Waals surface area (Å²) in [6.07, 6.45) is 3.83. The van der Waals surface area contributed by atoms with Crippen molar-refractivity contribution >= 4 is 5.91 Å². The van der Waals surface area contributed by atoms with E-state index in [-0.39, 0.29) is 0 Å². The number of hydrogen-bond donors (Lipinski definition) is 0. The summed E-state index contributed by atoms with van der Waals surface area (Å²) in [7, 11) is 2.22. The Labute approximate surface area is 152 Å². The molecule has 0 saturated carbocycles. The first-order valence-electron chi connectivity index (χ1n) is 9.86. The van der Waals surface area contributed by atoms with Crippen molar-refractivity contribution in [1.29, 1.82) is 0 Å². The molecule has 0 aliphatic carbocycles. The molecule has 0 aromatic heterocycles. The van der Waals surface area contributed by atoms with E-state index in [1.165, 1.54) is 31.7 Å². The zero-order valence-electron chi connectivity index (χ0n) is 15.9. The highest BCUT2D eigenvalue weighted by Crippen LogP contribution is 2.21. The Balaban J connectivity index is 1.38. The van der Waals surface area contributed by atoms with Gasteiger partial charge in [0.2, 0.25) is 5.91 Å². The first-order valence-corrected chi connectivity index (χ1v) is 9.86. The fraction of sp³-hybridized carbons (Fsp3) is 0.667. The Morgan fingerprint density at radius 3 is 2.48 bits per heavy atom. The van der Waals surface area contributed by atoms with Crippen molar-refractivity contribution in [1.82, 2.24) is 14.7 Å². The predicted octanol–water partition coefficient (Wildman–Crippen LogP) is 2.49. The summed E-state index contributed by atoms with van der Waals surface area (Å²) in [6, 6.07) is 11.0. The largest absolute Gasteiger partial charge is 0.343 e. The van der Waals surface area contributed by atoms with Gasteiger partial charge in [0.15, 0.2) is 0 Å². The van der Waals surface area contributed by atoms with Crippen molar-refractivity contribution in [3.05, 3.63) is 35.9 Å². The maximum atomic E-state index is 12.5. The molecule has 4 nitrogen and oxygen atoms in total. The van der Waals surface area contributed by atoms with E-state index in [0.717, 1.165) is 38.3 Å². The van der Waals surface area contributed by atoms with Crippen LogP contribution >= 0.6 is 0 Å². The monoisotopic (exact) mass is 343 g/mol. The van der Waals surface area contributed by atoms with E-state index in [4.69, 9.17) is 0 Å². The summed E-state index contributed by atoms with van der Waals surface area (Å²) >= 11 is 0. The lowest BCUT2D eigenvalue weighted by Gasteiger charge is -2.41. The second kappa shape index (κ2) is 8.81. The van der Waals surface area contributed by atoms with Crippen LogP contribution in [-0.4, -0.2) is 73.0 Å². The molecule has 1 atom stereocenters. The zero-order valence-corrected chi connectivity index (χ0v) is 15.9. The Bertz CT molecular complexity index is 539. The quantitative estimate of drug-likeness (QED) is 0.822. The highest BCUT2D eigenvalue weighted by atomic mass is 16.2. The van der Waals surface area contributed by atoms with Crippen LogP contribution in [0, 0.1) is 5.92 Å². The van der Waals surface area contributed by atoms with Crippen molar-refractivity contribution in [3.8, 4) is 0 Å². The molecule has 4 heteroatoms. The van der Waals surface area contributed by atoms with E-state index >= 15 is 0 Å². The molecule has 0 N–H and O–H groups in total. The smallest absolute Gasteiger partial charge is 0.222 e. The van der Waals surface area contributed by atoms with Gasteiger partial charge in [-0.1, -0.05) is 30.3 Å². The molecule has 3 rings (SSSR count). The first-order chi connectivity index (χ1) is 12.1. The Hall–Kier alpha value is -1.39. The summed E-state index contributed by atoms with van der Waals surface area (Å²) < 4.78 is 0. The Morgan fingerprint density at radius 2 is 1.80 bits per heavy atom. The van der Waals surface area contributed by atoms with E-state index < -0.39 is 0 Å². The minimum Gasteiger partial charge on any atom is -0.343 e. The number of nitrogens with zero attached hydrogens (tertiary/aromatic N) is 3. The van der Waals surface area contributed by atoms with Gasteiger partial charge in [0, 0.05) is 51.7 Å². The summed E-state index contributed by atoms with van der Waals surface area (Å²) in [5.41, 5.74) is 1.26. The van der Waals surface area contributed by atoms with Crippen molar-refractivity contribution < 1.29 is 4.79 Å². The molecule has 1 unspecified atom stereocenters.